The molecule has 6 N–H and O–H groups in total. The van der Waals surface area contributed by atoms with Gasteiger partial charge in [-0.2, -0.15) is 4.72 Å². The summed E-state index contributed by atoms with van der Waals surface area (Å²) in [5.41, 5.74) is 0.835. The molecule has 2 heterocycles. The first-order valence-electron chi connectivity index (χ1n) is 12.4. The molecule has 4 rings (SSSR count). The minimum Gasteiger partial charge on any atom is -0.480 e. The van der Waals surface area contributed by atoms with Crippen molar-refractivity contribution < 1.29 is 28.2 Å². The van der Waals surface area contributed by atoms with E-state index in [4.69, 9.17) is 0 Å². The molecule has 13 heteroatoms. The normalized spacial score (nSPS) is 20.6. The Kier molecular flexibility index (Phi) is 8.49. The topological polar surface area (TPSA) is 172 Å². The van der Waals surface area contributed by atoms with Crippen LogP contribution in [0.5, 0.6) is 0 Å². The summed E-state index contributed by atoms with van der Waals surface area (Å²) in [5.74, 6) is -2.89. The fourth-order valence-electron chi connectivity index (χ4n) is 4.39. The number of carbonyl (C=O) groups excluding carboxylic acids is 1. The second-order valence-corrected chi connectivity index (χ2v) is 10.9. The number of amides is 1. The van der Waals surface area contributed by atoms with E-state index in [1.54, 1.807) is 35.2 Å². The van der Waals surface area contributed by atoms with Gasteiger partial charge in [0.25, 0.3) is 5.91 Å². The van der Waals surface area contributed by atoms with E-state index in [9.17, 15) is 28.2 Å². The lowest BCUT2D eigenvalue weighted by atomic mass is 10.0. The predicted molar refractivity (Wildman–Crippen MR) is 141 cm³/mol. The molecule has 0 aromatic heterocycles. The Morgan fingerprint density at radius 3 is 2.61 bits per heavy atom. The van der Waals surface area contributed by atoms with Gasteiger partial charge in [-0.05, 0) is 49.6 Å². The van der Waals surface area contributed by atoms with Crippen LogP contribution in [-0.4, -0.2) is 74.5 Å². The second kappa shape index (κ2) is 11.8. The standard InChI is InChI=1S/C25H32N6O6S/c32-22(28-17-21(23(33)34)30-38(36,37)20-10-2-1-3-11-20)18-8-6-9-19(16-18)31-15-5-4-12-25(31,35)29-24-26-13-7-14-27-24/h1-3,6,8-11,16,21,30,35H,4-5,7,12-15,17H2,(H,28,32)(H,33,34)(H2,26,27,29). The molecule has 2 aliphatic rings. The van der Waals surface area contributed by atoms with Gasteiger partial charge in [0.05, 0.1) is 4.90 Å². The minimum atomic E-state index is -4.10. The number of carbonyl (C=O) groups is 2. The van der Waals surface area contributed by atoms with Crippen molar-refractivity contribution in [3.8, 4) is 0 Å². The quantitative estimate of drug-likeness (QED) is 0.245. The number of hydrogen-bond acceptors (Lipinski definition) is 9. The van der Waals surface area contributed by atoms with Crippen molar-refractivity contribution in [2.45, 2.75) is 42.5 Å². The minimum absolute atomic E-state index is 0.0812. The Morgan fingerprint density at radius 2 is 1.89 bits per heavy atom. The highest BCUT2D eigenvalue weighted by molar-refractivity contribution is 7.89. The number of carboxylic acids is 1. The molecule has 2 aromatic carbocycles. The van der Waals surface area contributed by atoms with E-state index in [-0.39, 0.29) is 10.5 Å². The lowest BCUT2D eigenvalue weighted by Gasteiger charge is -2.45. The molecule has 1 amide bonds. The molecule has 2 aromatic rings. The Labute approximate surface area is 221 Å². The Hall–Kier alpha value is -3.68. The summed E-state index contributed by atoms with van der Waals surface area (Å²) in [6.45, 7) is 1.51. The number of aliphatic hydroxyl groups is 1. The fraction of sp³-hybridized carbons (Fsp3) is 0.400. The van der Waals surface area contributed by atoms with Gasteiger partial charge in [0.15, 0.2) is 5.96 Å². The van der Waals surface area contributed by atoms with E-state index < -0.39 is 40.3 Å². The van der Waals surface area contributed by atoms with Gasteiger partial charge in [0, 0.05) is 43.9 Å². The van der Waals surface area contributed by atoms with Gasteiger partial charge in [0.2, 0.25) is 15.9 Å². The lowest BCUT2D eigenvalue weighted by molar-refractivity contribution is -0.138. The van der Waals surface area contributed by atoms with Crippen LogP contribution in [0.3, 0.4) is 0 Å². The third-order valence-electron chi connectivity index (χ3n) is 6.36. The molecule has 0 spiro atoms. The summed E-state index contributed by atoms with van der Waals surface area (Å²) in [4.78, 5) is 30.7. The number of nitrogens with one attached hydrogen (secondary N) is 4. The van der Waals surface area contributed by atoms with E-state index in [0.717, 1.165) is 25.8 Å². The highest BCUT2D eigenvalue weighted by Crippen LogP contribution is 2.30. The molecule has 0 saturated carbocycles. The number of nitrogens with zero attached hydrogens (tertiary/aromatic N) is 2. The maximum atomic E-state index is 12.9. The number of sulfonamides is 1. The molecule has 1 saturated heterocycles. The van der Waals surface area contributed by atoms with Crippen molar-refractivity contribution in [3.63, 3.8) is 0 Å². The smallest absolute Gasteiger partial charge is 0.323 e. The first-order chi connectivity index (χ1) is 18.2. The molecule has 2 atom stereocenters. The van der Waals surface area contributed by atoms with Crippen molar-refractivity contribution in [1.82, 2.24) is 20.7 Å². The maximum Gasteiger partial charge on any atom is 0.323 e. The number of benzene rings is 2. The van der Waals surface area contributed by atoms with Gasteiger partial charge in [-0.3, -0.25) is 14.6 Å². The third-order valence-corrected chi connectivity index (χ3v) is 7.84. The molecule has 0 bridgehead atoms. The number of hydrogen-bond donors (Lipinski definition) is 6. The second-order valence-electron chi connectivity index (χ2n) is 9.15. The molecule has 0 aliphatic carbocycles. The van der Waals surface area contributed by atoms with Crippen molar-refractivity contribution in [1.29, 1.82) is 0 Å². The zero-order valence-corrected chi connectivity index (χ0v) is 21.6. The van der Waals surface area contributed by atoms with Gasteiger partial charge >= 0.3 is 5.97 Å². The number of carboxylic acid groups (broad SMARTS) is 1. The van der Waals surface area contributed by atoms with Gasteiger partial charge in [-0.15, -0.1) is 0 Å². The average Bonchev–Trinajstić information content (AvgIpc) is 2.92. The third kappa shape index (κ3) is 6.60. The van der Waals surface area contributed by atoms with Crippen LogP contribution in [0.4, 0.5) is 5.69 Å². The maximum absolute atomic E-state index is 12.9. The number of anilines is 1. The highest BCUT2D eigenvalue weighted by Gasteiger charge is 2.38. The number of guanidine groups is 1. The zero-order valence-electron chi connectivity index (χ0n) is 20.8. The number of aliphatic imine (C=N–C) groups is 1. The molecule has 1 fully saturated rings. The van der Waals surface area contributed by atoms with E-state index in [2.05, 4.69) is 25.7 Å². The summed E-state index contributed by atoms with van der Waals surface area (Å²) in [6.07, 6.45) is 3.03. The first kappa shape index (κ1) is 27.4. The van der Waals surface area contributed by atoms with Gasteiger partial charge < -0.3 is 31.1 Å². The van der Waals surface area contributed by atoms with Gasteiger partial charge in [-0.25, -0.2) is 8.42 Å². The van der Waals surface area contributed by atoms with Crippen molar-refractivity contribution in [2.75, 3.05) is 31.1 Å². The monoisotopic (exact) mass is 544 g/mol. The van der Waals surface area contributed by atoms with E-state index in [0.29, 0.717) is 31.2 Å². The largest absolute Gasteiger partial charge is 0.480 e. The zero-order chi connectivity index (χ0) is 27.2. The molecule has 12 nitrogen and oxygen atoms in total. The van der Waals surface area contributed by atoms with Crippen LogP contribution in [0.1, 0.15) is 36.0 Å². The summed E-state index contributed by atoms with van der Waals surface area (Å²) in [5, 5.41) is 29.8. The summed E-state index contributed by atoms with van der Waals surface area (Å²) in [6, 6.07) is 12.4. The molecular weight excluding hydrogens is 512 g/mol. The number of aliphatic carboxylic acids is 1. The van der Waals surface area contributed by atoms with Crippen LogP contribution in [0.2, 0.25) is 0 Å². The highest BCUT2D eigenvalue weighted by atomic mass is 32.2. The molecule has 0 radical (unpaired) electrons. The fourth-order valence-corrected chi connectivity index (χ4v) is 5.60. The molecular formula is C25H32N6O6S. The SMILES string of the molecule is O=C(NCC(NS(=O)(=O)c1ccccc1)C(=O)O)c1cccc(N2CCCCC2(O)NC2=NCCCN2)c1. The molecule has 2 aliphatic heterocycles. The van der Waals surface area contributed by atoms with E-state index in [1.807, 2.05) is 0 Å². The van der Waals surface area contributed by atoms with Crippen LogP contribution in [-0.2, 0) is 14.8 Å². The van der Waals surface area contributed by atoms with Crippen LogP contribution in [0.15, 0.2) is 64.5 Å². The van der Waals surface area contributed by atoms with Crippen molar-refractivity contribution >= 4 is 33.5 Å². The van der Waals surface area contributed by atoms with E-state index in [1.165, 1.54) is 24.3 Å². The number of piperidine rings is 1. The lowest BCUT2D eigenvalue weighted by Crippen LogP contribution is -2.65. The predicted octanol–water partition coefficient (Wildman–Crippen LogP) is 0.423. The molecule has 38 heavy (non-hydrogen) atoms. The van der Waals surface area contributed by atoms with Crippen LogP contribution in [0, 0.1) is 0 Å². The summed E-state index contributed by atoms with van der Waals surface area (Å²) >= 11 is 0. The van der Waals surface area contributed by atoms with Crippen molar-refractivity contribution in [2.24, 2.45) is 4.99 Å². The summed E-state index contributed by atoms with van der Waals surface area (Å²) < 4.78 is 27.2. The Balaban J connectivity index is 1.45. The first-order valence-corrected chi connectivity index (χ1v) is 13.9. The van der Waals surface area contributed by atoms with Crippen molar-refractivity contribution in [3.05, 3.63) is 60.2 Å². The average molecular weight is 545 g/mol. The Bertz CT molecular complexity index is 1290. The van der Waals surface area contributed by atoms with Gasteiger partial charge in [-0.1, -0.05) is 24.3 Å². The van der Waals surface area contributed by atoms with Crippen LogP contribution in [0.25, 0.3) is 0 Å². The number of rotatable bonds is 9. The Morgan fingerprint density at radius 1 is 1.11 bits per heavy atom. The summed E-state index contributed by atoms with van der Waals surface area (Å²) in [7, 11) is -4.10. The van der Waals surface area contributed by atoms with E-state index >= 15 is 0 Å². The molecule has 2 unspecified atom stereocenters. The molecule has 204 valence electrons. The van der Waals surface area contributed by atoms with Crippen LogP contribution < -0.4 is 25.6 Å². The van der Waals surface area contributed by atoms with Gasteiger partial charge in [0.1, 0.15) is 6.04 Å². The van der Waals surface area contributed by atoms with Crippen LogP contribution >= 0.6 is 0 Å².